The van der Waals surface area contributed by atoms with E-state index in [0.717, 1.165) is 12.5 Å². The minimum atomic E-state index is 0.419. The Hall–Kier alpha value is -0.0800. The third kappa shape index (κ3) is 8.53. The maximum absolute atomic E-state index is 6.28. The van der Waals surface area contributed by atoms with Gasteiger partial charge in [0.2, 0.25) is 0 Å². The summed E-state index contributed by atoms with van der Waals surface area (Å²) in [5.41, 5.74) is 12.7. The molecule has 134 valence electrons. The van der Waals surface area contributed by atoms with Crippen molar-refractivity contribution in [3.05, 3.63) is 0 Å². The summed E-state index contributed by atoms with van der Waals surface area (Å²) in [6, 6.07) is 0.425. The van der Waals surface area contributed by atoms with Crippen LogP contribution in [0.15, 0.2) is 0 Å². The Bertz CT molecular complexity index is 224. The Morgan fingerprint density at radius 2 is 1.27 bits per heavy atom. The van der Waals surface area contributed by atoms with E-state index in [9.17, 15) is 0 Å². The van der Waals surface area contributed by atoms with Crippen LogP contribution in [-0.4, -0.2) is 12.6 Å². The monoisotopic (exact) mass is 312 g/mol. The molecule has 0 heterocycles. The Kier molecular flexibility index (Phi) is 13.3. The molecule has 0 spiro atoms. The Morgan fingerprint density at radius 3 is 1.73 bits per heavy atom. The van der Waals surface area contributed by atoms with Crippen LogP contribution in [0.25, 0.3) is 0 Å². The molecule has 2 nitrogen and oxygen atoms in total. The topological polar surface area (TPSA) is 52.0 Å². The maximum atomic E-state index is 6.28. The first-order valence-corrected chi connectivity index (χ1v) is 10.0. The van der Waals surface area contributed by atoms with Crippen molar-refractivity contribution in [3.8, 4) is 0 Å². The summed E-state index contributed by atoms with van der Waals surface area (Å²) < 4.78 is 0. The predicted octanol–water partition coefficient (Wildman–Crippen LogP) is 5.64. The first-order valence-electron chi connectivity index (χ1n) is 10.0. The Labute approximate surface area is 140 Å². The van der Waals surface area contributed by atoms with E-state index in [-0.39, 0.29) is 0 Å². The van der Waals surface area contributed by atoms with Crippen molar-refractivity contribution in [1.82, 2.24) is 0 Å². The van der Waals surface area contributed by atoms with Gasteiger partial charge in [0.1, 0.15) is 0 Å². The third-order valence-corrected chi connectivity index (χ3v) is 6.08. The van der Waals surface area contributed by atoms with Crippen LogP contribution in [0.1, 0.15) is 105 Å². The van der Waals surface area contributed by atoms with Gasteiger partial charge < -0.3 is 11.5 Å². The van der Waals surface area contributed by atoms with Crippen molar-refractivity contribution >= 4 is 0 Å². The number of nitrogens with two attached hydrogens (primary N) is 2. The molecule has 0 rings (SSSR count). The molecule has 1 atom stereocenters. The van der Waals surface area contributed by atoms with Crippen LogP contribution in [0.3, 0.4) is 0 Å². The van der Waals surface area contributed by atoms with Gasteiger partial charge in [0.15, 0.2) is 0 Å². The van der Waals surface area contributed by atoms with E-state index in [1.165, 1.54) is 77.0 Å². The lowest BCUT2D eigenvalue weighted by Crippen LogP contribution is -2.29. The average molecular weight is 313 g/mol. The lowest BCUT2D eigenvalue weighted by atomic mass is 9.78. The molecule has 2 heteroatoms. The van der Waals surface area contributed by atoms with Gasteiger partial charge in [-0.25, -0.2) is 0 Å². The summed E-state index contributed by atoms with van der Waals surface area (Å²) in [6.07, 6.45) is 15.6. The highest BCUT2D eigenvalue weighted by Crippen LogP contribution is 2.31. The fraction of sp³-hybridized carbons (Fsp3) is 1.00. The fourth-order valence-corrected chi connectivity index (χ4v) is 3.71. The Balaban J connectivity index is 3.58. The zero-order chi connectivity index (χ0) is 16.8. The van der Waals surface area contributed by atoms with Gasteiger partial charge >= 0.3 is 0 Å². The van der Waals surface area contributed by atoms with E-state index in [2.05, 4.69) is 27.7 Å². The molecule has 0 aliphatic rings. The lowest BCUT2D eigenvalue weighted by molar-refractivity contribution is 0.240. The number of hydrogen-bond acceptors (Lipinski definition) is 2. The second-order valence-electron chi connectivity index (χ2n) is 7.31. The standard InChI is InChI=1S/C20H44N2/c1-5-18(6-2)19(22)15-13-11-9-10-12-14-16-20(7-3,8-4)17-21/h18-19H,5-17,21-22H2,1-4H3. The molecule has 0 fully saturated rings. The van der Waals surface area contributed by atoms with Crippen molar-refractivity contribution < 1.29 is 0 Å². The lowest BCUT2D eigenvalue weighted by Gasteiger charge is -2.30. The second kappa shape index (κ2) is 13.4. The van der Waals surface area contributed by atoms with Gasteiger partial charge in [0.05, 0.1) is 0 Å². The molecular weight excluding hydrogens is 268 g/mol. The highest BCUT2D eigenvalue weighted by molar-refractivity contribution is 4.77. The van der Waals surface area contributed by atoms with Crippen LogP contribution >= 0.6 is 0 Å². The zero-order valence-electron chi connectivity index (χ0n) is 16.0. The van der Waals surface area contributed by atoms with E-state index in [1.54, 1.807) is 0 Å². The summed E-state index contributed by atoms with van der Waals surface area (Å²) in [5.74, 6) is 0.729. The summed E-state index contributed by atoms with van der Waals surface area (Å²) >= 11 is 0. The van der Waals surface area contributed by atoms with Gasteiger partial charge in [-0.15, -0.1) is 0 Å². The molecule has 4 N–H and O–H groups in total. The average Bonchev–Trinajstić information content (AvgIpc) is 2.55. The molecule has 0 saturated carbocycles. The van der Waals surface area contributed by atoms with Gasteiger partial charge in [0.25, 0.3) is 0 Å². The van der Waals surface area contributed by atoms with Crippen molar-refractivity contribution in [2.45, 2.75) is 111 Å². The molecule has 0 aromatic heterocycles. The highest BCUT2D eigenvalue weighted by Gasteiger charge is 2.23. The van der Waals surface area contributed by atoms with E-state index >= 15 is 0 Å². The van der Waals surface area contributed by atoms with Gasteiger partial charge in [-0.05, 0) is 43.6 Å². The molecule has 0 bridgehead atoms. The van der Waals surface area contributed by atoms with Crippen LogP contribution in [0, 0.1) is 11.3 Å². The fourth-order valence-electron chi connectivity index (χ4n) is 3.71. The van der Waals surface area contributed by atoms with Crippen LogP contribution in [-0.2, 0) is 0 Å². The molecule has 1 unspecified atom stereocenters. The molecular formula is C20H44N2. The first-order chi connectivity index (χ1) is 10.6. The molecule has 0 aliphatic carbocycles. The van der Waals surface area contributed by atoms with Gasteiger partial charge in [-0.3, -0.25) is 0 Å². The van der Waals surface area contributed by atoms with Crippen LogP contribution in [0.5, 0.6) is 0 Å². The first kappa shape index (κ1) is 21.9. The molecule has 0 saturated heterocycles. The summed E-state index contributed by atoms with van der Waals surface area (Å²) in [4.78, 5) is 0. The zero-order valence-corrected chi connectivity index (χ0v) is 16.0. The molecule has 0 aliphatic heterocycles. The summed E-state index contributed by atoms with van der Waals surface area (Å²) in [7, 11) is 0. The minimum Gasteiger partial charge on any atom is -0.330 e. The van der Waals surface area contributed by atoms with Crippen molar-refractivity contribution in [1.29, 1.82) is 0 Å². The highest BCUT2D eigenvalue weighted by atomic mass is 14.6. The van der Waals surface area contributed by atoms with Crippen molar-refractivity contribution in [2.75, 3.05) is 6.54 Å². The smallest absolute Gasteiger partial charge is 0.00669 e. The maximum Gasteiger partial charge on any atom is 0.00669 e. The second-order valence-corrected chi connectivity index (χ2v) is 7.31. The van der Waals surface area contributed by atoms with Crippen LogP contribution in [0.4, 0.5) is 0 Å². The van der Waals surface area contributed by atoms with Crippen LogP contribution in [0.2, 0.25) is 0 Å². The van der Waals surface area contributed by atoms with Crippen LogP contribution < -0.4 is 11.5 Å². The normalized spacial score (nSPS) is 13.8. The van der Waals surface area contributed by atoms with E-state index < -0.39 is 0 Å². The number of unbranched alkanes of at least 4 members (excludes halogenated alkanes) is 5. The Morgan fingerprint density at radius 1 is 0.773 bits per heavy atom. The van der Waals surface area contributed by atoms with Gasteiger partial charge in [-0.1, -0.05) is 79.1 Å². The summed E-state index contributed by atoms with van der Waals surface area (Å²) in [5, 5.41) is 0. The molecule has 0 aromatic carbocycles. The van der Waals surface area contributed by atoms with Crippen molar-refractivity contribution in [3.63, 3.8) is 0 Å². The van der Waals surface area contributed by atoms with E-state index in [1.807, 2.05) is 0 Å². The number of hydrogen-bond donors (Lipinski definition) is 2. The third-order valence-electron chi connectivity index (χ3n) is 6.08. The van der Waals surface area contributed by atoms with E-state index in [0.29, 0.717) is 11.5 Å². The van der Waals surface area contributed by atoms with E-state index in [4.69, 9.17) is 11.5 Å². The predicted molar refractivity (Wildman–Crippen MR) is 101 cm³/mol. The SMILES string of the molecule is CCC(CC)C(N)CCCCCCCCC(CC)(CC)CN. The molecule has 22 heavy (non-hydrogen) atoms. The summed E-state index contributed by atoms with van der Waals surface area (Å²) in [6.45, 7) is 9.97. The molecule has 0 radical (unpaired) electrons. The minimum absolute atomic E-state index is 0.419. The van der Waals surface area contributed by atoms with Gasteiger partial charge in [0, 0.05) is 6.04 Å². The quantitative estimate of drug-likeness (QED) is 0.385. The molecule has 0 aromatic rings. The van der Waals surface area contributed by atoms with Crippen molar-refractivity contribution in [2.24, 2.45) is 22.8 Å². The number of rotatable bonds is 15. The molecule has 0 amide bonds. The van der Waals surface area contributed by atoms with Gasteiger partial charge in [-0.2, -0.15) is 0 Å². The largest absolute Gasteiger partial charge is 0.330 e.